The lowest BCUT2D eigenvalue weighted by Gasteiger charge is -2.26. The van der Waals surface area contributed by atoms with Crippen LogP contribution in [0.3, 0.4) is 0 Å². The van der Waals surface area contributed by atoms with Gasteiger partial charge in [-0.05, 0) is 42.9 Å². The van der Waals surface area contributed by atoms with Gasteiger partial charge in [-0.1, -0.05) is 52.1 Å². The summed E-state index contributed by atoms with van der Waals surface area (Å²) in [4.78, 5) is 12.7. The van der Waals surface area contributed by atoms with Crippen LogP contribution in [0.1, 0.15) is 63.7 Å². The third-order valence-corrected chi connectivity index (χ3v) is 7.49. The van der Waals surface area contributed by atoms with E-state index in [0.29, 0.717) is 18.7 Å². The summed E-state index contributed by atoms with van der Waals surface area (Å²) in [6, 6.07) is 4.51. The summed E-state index contributed by atoms with van der Waals surface area (Å²) in [6.45, 7) is 9.23. The minimum atomic E-state index is -3.71. The van der Waals surface area contributed by atoms with E-state index in [1.165, 1.54) is 16.4 Å². The Morgan fingerprint density at radius 1 is 1.04 bits per heavy atom. The molecule has 1 aromatic rings. The van der Waals surface area contributed by atoms with Crippen molar-refractivity contribution in [1.29, 1.82) is 0 Å². The fraction of sp³-hybridized carbons (Fsp3) is 0.650. The van der Waals surface area contributed by atoms with Crippen LogP contribution in [0.5, 0.6) is 0 Å². The van der Waals surface area contributed by atoms with Crippen LogP contribution in [0.25, 0.3) is 0 Å². The average Bonchev–Trinajstić information content (AvgIpc) is 2.89. The van der Waals surface area contributed by atoms with E-state index in [4.69, 9.17) is 11.6 Å². The number of hydrogen-bond acceptors (Lipinski definition) is 3. The van der Waals surface area contributed by atoms with Gasteiger partial charge in [0.15, 0.2) is 0 Å². The minimum absolute atomic E-state index is 0.0128. The van der Waals surface area contributed by atoms with Crippen molar-refractivity contribution in [3.05, 3.63) is 28.8 Å². The highest BCUT2D eigenvalue weighted by molar-refractivity contribution is 7.89. The molecule has 7 heteroatoms. The monoisotopic (exact) mass is 414 g/mol. The smallest absolute Gasteiger partial charge is 0.251 e. The van der Waals surface area contributed by atoms with Gasteiger partial charge in [-0.3, -0.25) is 4.79 Å². The van der Waals surface area contributed by atoms with Crippen LogP contribution in [0, 0.1) is 11.8 Å². The maximum atomic E-state index is 13.1. The van der Waals surface area contributed by atoms with E-state index < -0.39 is 10.0 Å². The Morgan fingerprint density at radius 2 is 1.59 bits per heavy atom. The molecule has 152 valence electrons. The molecule has 0 unspecified atom stereocenters. The second-order valence-corrected chi connectivity index (χ2v) is 10.3. The zero-order valence-electron chi connectivity index (χ0n) is 16.7. The number of halogens is 1. The number of hydrogen-bond donors (Lipinski definition) is 1. The van der Waals surface area contributed by atoms with Crippen LogP contribution in [-0.2, 0) is 10.0 Å². The fourth-order valence-corrected chi connectivity index (χ4v) is 5.62. The van der Waals surface area contributed by atoms with E-state index in [1.54, 1.807) is 6.07 Å². The Bertz CT molecular complexity index is 746. The van der Waals surface area contributed by atoms with E-state index in [1.807, 2.05) is 0 Å². The highest BCUT2D eigenvalue weighted by Gasteiger charge is 2.29. The number of nitrogens with zero attached hydrogens (tertiary/aromatic N) is 1. The molecule has 27 heavy (non-hydrogen) atoms. The Hall–Kier alpha value is -1.11. The standard InChI is InChI=1S/C20H31ClN2O3S/c1-14(2)19(15(3)4)22-20(24)16-9-10-17(21)18(13-16)27(25,26)23-11-7-5-6-8-12-23/h9-10,13-15,19H,5-8,11-12H2,1-4H3,(H,22,24). The van der Waals surface area contributed by atoms with Gasteiger partial charge in [-0.2, -0.15) is 4.31 Å². The largest absolute Gasteiger partial charge is 0.349 e. The SMILES string of the molecule is CC(C)C(NC(=O)c1ccc(Cl)c(S(=O)(=O)N2CCCCCC2)c1)C(C)C. The van der Waals surface area contributed by atoms with Crippen molar-refractivity contribution in [2.45, 2.75) is 64.3 Å². The van der Waals surface area contributed by atoms with Crippen LogP contribution in [-0.4, -0.2) is 37.8 Å². The number of amides is 1. The van der Waals surface area contributed by atoms with Gasteiger partial charge in [0.2, 0.25) is 10.0 Å². The lowest BCUT2D eigenvalue weighted by Crippen LogP contribution is -2.42. The molecule has 0 spiro atoms. The van der Waals surface area contributed by atoms with Crippen molar-refractivity contribution in [3.63, 3.8) is 0 Å². The number of rotatable bonds is 6. The van der Waals surface area contributed by atoms with Crippen LogP contribution < -0.4 is 5.32 Å². The molecule has 5 nitrogen and oxygen atoms in total. The van der Waals surface area contributed by atoms with Crippen molar-refractivity contribution >= 4 is 27.5 Å². The maximum absolute atomic E-state index is 13.1. The molecule has 0 radical (unpaired) electrons. The fourth-order valence-electron chi connectivity index (χ4n) is 3.60. The molecular weight excluding hydrogens is 384 g/mol. The third-order valence-electron chi connectivity index (χ3n) is 5.11. The number of benzene rings is 1. The molecule has 0 aromatic heterocycles. The van der Waals surface area contributed by atoms with Gasteiger partial charge in [0.25, 0.3) is 5.91 Å². The quantitative estimate of drug-likeness (QED) is 0.753. The van der Waals surface area contributed by atoms with Gasteiger partial charge in [-0.25, -0.2) is 8.42 Å². The average molecular weight is 415 g/mol. The third kappa shape index (κ3) is 5.46. The summed E-state index contributed by atoms with van der Waals surface area (Å²) in [5.74, 6) is 0.287. The van der Waals surface area contributed by atoms with Crippen molar-refractivity contribution in [2.75, 3.05) is 13.1 Å². The molecule has 1 aliphatic rings. The molecule has 1 aliphatic heterocycles. The van der Waals surface area contributed by atoms with Crippen molar-refractivity contribution in [2.24, 2.45) is 11.8 Å². The lowest BCUT2D eigenvalue weighted by atomic mass is 9.93. The van der Waals surface area contributed by atoms with Gasteiger partial charge in [0.1, 0.15) is 4.90 Å². The van der Waals surface area contributed by atoms with Gasteiger partial charge in [0.05, 0.1) is 5.02 Å². The Kier molecular flexibility index (Phi) is 7.72. The zero-order valence-corrected chi connectivity index (χ0v) is 18.2. The van der Waals surface area contributed by atoms with Gasteiger partial charge >= 0.3 is 0 Å². The van der Waals surface area contributed by atoms with E-state index in [-0.39, 0.29) is 33.7 Å². The molecule has 1 fully saturated rings. The number of nitrogens with one attached hydrogen (secondary N) is 1. The molecule has 2 rings (SSSR count). The molecule has 1 N–H and O–H groups in total. The highest BCUT2D eigenvalue weighted by Crippen LogP contribution is 2.28. The molecule has 0 saturated carbocycles. The second-order valence-electron chi connectivity index (χ2n) is 7.95. The first-order chi connectivity index (χ1) is 12.6. The Morgan fingerprint density at radius 3 is 2.11 bits per heavy atom. The van der Waals surface area contributed by atoms with Crippen molar-refractivity contribution in [3.8, 4) is 0 Å². The van der Waals surface area contributed by atoms with E-state index >= 15 is 0 Å². The van der Waals surface area contributed by atoms with Crippen LogP contribution in [0.15, 0.2) is 23.1 Å². The summed E-state index contributed by atoms with van der Waals surface area (Å²) < 4.78 is 27.7. The zero-order chi connectivity index (χ0) is 20.2. The summed E-state index contributed by atoms with van der Waals surface area (Å²) >= 11 is 6.21. The first-order valence-electron chi connectivity index (χ1n) is 9.75. The molecule has 1 saturated heterocycles. The summed E-state index contributed by atoms with van der Waals surface area (Å²) in [5, 5.41) is 3.18. The molecule has 1 heterocycles. The maximum Gasteiger partial charge on any atom is 0.251 e. The van der Waals surface area contributed by atoms with Gasteiger partial charge in [-0.15, -0.1) is 0 Å². The van der Waals surface area contributed by atoms with E-state index in [2.05, 4.69) is 33.0 Å². The predicted molar refractivity (Wildman–Crippen MR) is 110 cm³/mol. The Balaban J connectivity index is 2.31. The van der Waals surface area contributed by atoms with E-state index in [0.717, 1.165) is 25.7 Å². The molecular formula is C20H31ClN2O3S. The van der Waals surface area contributed by atoms with E-state index in [9.17, 15) is 13.2 Å². The molecule has 0 atom stereocenters. The van der Waals surface area contributed by atoms with Crippen LogP contribution in [0.4, 0.5) is 0 Å². The van der Waals surface area contributed by atoms with Crippen LogP contribution in [0.2, 0.25) is 5.02 Å². The first-order valence-corrected chi connectivity index (χ1v) is 11.6. The normalized spacial score (nSPS) is 16.7. The molecule has 1 aromatic carbocycles. The predicted octanol–water partition coefficient (Wildman–Crippen LogP) is 4.32. The van der Waals surface area contributed by atoms with Gasteiger partial charge in [0, 0.05) is 24.7 Å². The second kappa shape index (κ2) is 9.39. The molecule has 0 bridgehead atoms. The summed E-state index contributed by atoms with van der Waals surface area (Å²) in [7, 11) is -3.71. The topological polar surface area (TPSA) is 66.5 Å². The highest BCUT2D eigenvalue weighted by atomic mass is 35.5. The molecule has 0 aliphatic carbocycles. The number of carbonyl (C=O) groups is 1. The lowest BCUT2D eigenvalue weighted by molar-refractivity contribution is 0.0910. The summed E-state index contributed by atoms with van der Waals surface area (Å²) in [6.07, 6.45) is 3.77. The van der Waals surface area contributed by atoms with Gasteiger partial charge < -0.3 is 5.32 Å². The van der Waals surface area contributed by atoms with Crippen molar-refractivity contribution < 1.29 is 13.2 Å². The van der Waals surface area contributed by atoms with Crippen molar-refractivity contribution in [1.82, 2.24) is 9.62 Å². The summed E-state index contributed by atoms with van der Waals surface area (Å²) in [5.41, 5.74) is 0.319. The minimum Gasteiger partial charge on any atom is -0.349 e. The number of sulfonamides is 1. The first kappa shape index (κ1) is 22.2. The molecule has 1 amide bonds. The Labute approximate surface area is 168 Å². The van der Waals surface area contributed by atoms with Crippen LogP contribution >= 0.6 is 11.6 Å². The number of carbonyl (C=O) groups excluding carboxylic acids is 1.